The molecule has 200 valence electrons. The van der Waals surface area contributed by atoms with Crippen molar-refractivity contribution in [2.75, 3.05) is 0 Å². The average molecular weight is 543 g/mol. The van der Waals surface area contributed by atoms with Gasteiger partial charge in [-0.3, -0.25) is 4.79 Å². The predicted molar refractivity (Wildman–Crippen MR) is 171 cm³/mol. The lowest BCUT2D eigenvalue weighted by Gasteiger charge is -2.12. The molecule has 1 amide bonds. The highest BCUT2D eigenvalue weighted by molar-refractivity contribution is 6.09. The fraction of sp³-hybridized carbons (Fsp3) is 0. The van der Waals surface area contributed by atoms with Crippen LogP contribution < -0.4 is 5.43 Å². The molecule has 0 spiro atoms. The third kappa shape index (κ3) is 4.63. The second-order valence-electron chi connectivity index (χ2n) is 9.95. The van der Waals surface area contributed by atoms with Crippen molar-refractivity contribution in [1.82, 2.24) is 15.0 Å². The fourth-order valence-electron chi connectivity index (χ4n) is 5.46. The molecule has 2 heterocycles. The number of carbonyl (C=O) groups excluding carboxylic acids is 1. The van der Waals surface area contributed by atoms with E-state index in [9.17, 15) is 4.79 Å². The van der Waals surface area contributed by atoms with Crippen molar-refractivity contribution in [1.29, 1.82) is 0 Å². The molecule has 0 aliphatic rings. The fourth-order valence-corrected chi connectivity index (χ4v) is 5.46. The van der Waals surface area contributed by atoms with Crippen molar-refractivity contribution in [3.05, 3.63) is 157 Å². The molecule has 5 heteroatoms. The van der Waals surface area contributed by atoms with E-state index in [1.54, 1.807) is 6.21 Å². The summed E-state index contributed by atoms with van der Waals surface area (Å²) in [6, 6.07) is 48.2. The summed E-state index contributed by atoms with van der Waals surface area (Å²) < 4.78 is 2.25. The van der Waals surface area contributed by atoms with Crippen molar-refractivity contribution < 1.29 is 4.79 Å². The second kappa shape index (κ2) is 11.0. The molecule has 0 bridgehead atoms. The molecule has 0 saturated carbocycles. The third-order valence-corrected chi connectivity index (χ3v) is 7.37. The second-order valence-corrected chi connectivity index (χ2v) is 9.95. The van der Waals surface area contributed by atoms with Crippen LogP contribution in [0.15, 0.2) is 151 Å². The Hall–Kier alpha value is -5.81. The molecular weight excluding hydrogens is 516 g/mol. The van der Waals surface area contributed by atoms with Gasteiger partial charge in [0.1, 0.15) is 0 Å². The SMILES string of the molecule is O=C(NN=Cc1c(-c2ccccc2)n(-c2ccccc2)c2ccccc12)c1cc(-c2ccccc2)nc2ccccc12. The Morgan fingerprint density at radius 2 is 1.26 bits per heavy atom. The number of para-hydroxylation sites is 3. The molecule has 1 N–H and O–H groups in total. The van der Waals surface area contributed by atoms with E-state index in [-0.39, 0.29) is 5.91 Å². The van der Waals surface area contributed by atoms with Crippen LogP contribution >= 0.6 is 0 Å². The van der Waals surface area contributed by atoms with E-state index in [0.717, 1.165) is 55.6 Å². The zero-order valence-corrected chi connectivity index (χ0v) is 22.7. The zero-order chi connectivity index (χ0) is 28.3. The minimum atomic E-state index is -0.296. The van der Waals surface area contributed by atoms with Crippen LogP contribution in [0, 0.1) is 0 Å². The van der Waals surface area contributed by atoms with Gasteiger partial charge in [0.05, 0.1) is 34.2 Å². The summed E-state index contributed by atoms with van der Waals surface area (Å²) in [5.41, 5.74) is 10.8. The molecule has 5 aromatic carbocycles. The number of hydrogen-bond donors (Lipinski definition) is 1. The molecule has 0 fully saturated rings. The van der Waals surface area contributed by atoms with Crippen molar-refractivity contribution in [2.45, 2.75) is 0 Å². The summed E-state index contributed by atoms with van der Waals surface area (Å²) in [6.45, 7) is 0. The lowest BCUT2D eigenvalue weighted by Crippen LogP contribution is -2.18. The summed E-state index contributed by atoms with van der Waals surface area (Å²) in [5.74, 6) is -0.296. The average Bonchev–Trinajstić information content (AvgIpc) is 3.39. The molecule has 0 radical (unpaired) electrons. The van der Waals surface area contributed by atoms with Crippen molar-refractivity contribution in [3.8, 4) is 28.2 Å². The number of hydrazone groups is 1. The number of nitrogens with one attached hydrogen (secondary N) is 1. The molecule has 0 aliphatic heterocycles. The van der Waals surface area contributed by atoms with E-state index in [2.05, 4.69) is 51.5 Å². The van der Waals surface area contributed by atoms with E-state index in [1.807, 2.05) is 109 Å². The van der Waals surface area contributed by atoms with Crippen LogP contribution in [-0.4, -0.2) is 21.7 Å². The van der Waals surface area contributed by atoms with Gasteiger partial charge < -0.3 is 4.57 Å². The largest absolute Gasteiger partial charge is 0.309 e. The molecule has 7 rings (SSSR count). The first kappa shape index (κ1) is 25.2. The maximum atomic E-state index is 13.6. The summed E-state index contributed by atoms with van der Waals surface area (Å²) >= 11 is 0. The van der Waals surface area contributed by atoms with Gasteiger partial charge in [-0.25, -0.2) is 10.4 Å². The van der Waals surface area contributed by atoms with Gasteiger partial charge in [-0.05, 0) is 35.9 Å². The number of carbonyl (C=O) groups is 1. The number of pyridine rings is 1. The summed E-state index contributed by atoms with van der Waals surface area (Å²) in [6.07, 6.45) is 1.75. The van der Waals surface area contributed by atoms with Crippen molar-refractivity contribution in [2.24, 2.45) is 5.10 Å². The summed E-state index contributed by atoms with van der Waals surface area (Å²) in [7, 11) is 0. The van der Waals surface area contributed by atoms with Gasteiger partial charge in [0.25, 0.3) is 5.91 Å². The Morgan fingerprint density at radius 3 is 2.00 bits per heavy atom. The van der Waals surface area contributed by atoms with Crippen molar-refractivity contribution in [3.63, 3.8) is 0 Å². The highest BCUT2D eigenvalue weighted by Gasteiger charge is 2.19. The minimum Gasteiger partial charge on any atom is -0.309 e. The predicted octanol–water partition coefficient (Wildman–Crippen LogP) is 8.28. The van der Waals surface area contributed by atoms with E-state index in [4.69, 9.17) is 4.98 Å². The number of benzene rings is 5. The van der Waals surface area contributed by atoms with Crippen LogP contribution in [0.4, 0.5) is 0 Å². The highest BCUT2D eigenvalue weighted by Crippen LogP contribution is 2.35. The van der Waals surface area contributed by atoms with Gasteiger partial charge in [-0.15, -0.1) is 0 Å². The zero-order valence-electron chi connectivity index (χ0n) is 22.7. The number of amides is 1. The molecule has 7 aromatic rings. The molecule has 0 unspecified atom stereocenters. The molecule has 0 atom stereocenters. The normalized spacial score (nSPS) is 11.3. The van der Waals surface area contributed by atoms with Crippen molar-refractivity contribution >= 4 is 33.9 Å². The van der Waals surface area contributed by atoms with Crippen LogP contribution in [-0.2, 0) is 0 Å². The number of fused-ring (bicyclic) bond motifs is 2. The molecule has 2 aromatic heterocycles. The third-order valence-electron chi connectivity index (χ3n) is 7.37. The first-order chi connectivity index (χ1) is 20.8. The van der Waals surface area contributed by atoms with E-state index >= 15 is 0 Å². The summed E-state index contributed by atoms with van der Waals surface area (Å²) in [5, 5.41) is 6.33. The van der Waals surface area contributed by atoms with Gasteiger partial charge >= 0.3 is 0 Å². The van der Waals surface area contributed by atoms with Gasteiger partial charge in [-0.1, -0.05) is 115 Å². The van der Waals surface area contributed by atoms with Crippen LogP contribution in [0.3, 0.4) is 0 Å². The first-order valence-electron chi connectivity index (χ1n) is 13.8. The molecule has 0 saturated heterocycles. The maximum Gasteiger partial charge on any atom is 0.272 e. The van der Waals surface area contributed by atoms with Crippen LogP contribution in [0.1, 0.15) is 15.9 Å². The Labute approximate surface area is 243 Å². The first-order valence-corrected chi connectivity index (χ1v) is 13.8. The van der Waals surface area contributed by atoms with E-state index < -0.39 is 0 Å². The quantitative estimate of drug-likeness (QED) is 0.170. The van der Waals surface area contributed by atoms with Crippen LogP contribution in [0.2, 0.25) is 0 Å². The Balaban J connectivity index is 1.32. The maximum absolute atomic E-state index is 13.6. The summed E-state index contributed by atoms with van der Waals surface area (Å²) in [4.78, 5) is 18.4. The van der Waals surface area contributed by atoms with Gasteiger partial charge in [0.2, 0.25) is 0 Å². The number of rotatable bonds is 6. The number of aromatic nitrogens is 2. The number of hydrogen-bond acceptors (Lipinski definition) is 3. The molecular formula is C37H26N4O. The number of nitrogens with zero attached hydrogens (tertiary/aromatic N) is 3. The van der Waals surface area contributed by atoms with E-state index in [1.165, 1.54) is 0 Å². The van der Waals surface area contributed by atoms with Gasteiger partial charge in [0, 0.05) is 27.6 Å². The molecule has 5 nitrogen and oxygen atoms in total. The monoisotopic (exact) mass is 542 g/mol. The lowest BCUT2D eigenvalue weighted by molar-refractivity contribution is 0.0956. The van der Waals surface area contributed by atoms with Gasteiger partial charge in [0.15, 0.2) is 0 Å². The van der Waals surface area contributed by atoms with Crippen LogP contribution in [0.25, 0.3) is 50.0 Å². The standard InChI is InChI=1S/C37H26N4O/c42-37(31-24-34(26-14-4-1-5-15-26)39-33-22-12-10-20-29(31)33)40-38-25-32-30-21-11-13-23-35(30)41(28-18-8-3-9-19-28)36(32)27-16-6-2-7-17-27/h1-25H,(H,40,42). The highest BCUT2D eigenvalue weighted by atomic mass is 16.2. The van der Waals surface area contributed by atoms with E-state index in [0.29, 0.717) is 5.56 Å². The molecule has 0 aliphatic carbocycles. The van der Waals surface area contributed by atoms with Crippen LogP contribution in [0.5, 0.6) is 0 Å². The lowest BCUT2D eigenvalue weighted by atomic mass is 10.0. The van der Waals surface area contributed by atoms with Gasteiger partial charge in [-0.2, -0.15) is 5.10 Å². The molecule has 42 heavy (non-hydrogen) atoms. The minimum absolute atomic E-state index is 0.296. The Kier molecular flexibility index (Phi) is 6.59. The topological polar surface area (TPSA) is 59.3 Å². The Bertz CT molecular complexity index is 2060. The Morgan fingerprint density at radius 1 is 0.667 bits per heavy atom. The smallest absolute Gasteiger partial charge is 0.272 e.